The van der Waals surface area contributed by atoms with E-state index in [0.717, 1.165) is 25.7 Å². The Bertz CT molecular complexity index is 927. The summed E-state index contributed by atoms with van der Waals surface area (Å²) in [5, 5.41) is 4.95. The van der Waals surface area contributed by atoms with E-state index in [2.05, 4.69) is 15.0 Å². The molecule has 1 N–H and O–H groups in total. The van der Waals surface area contributed by atoms with Crippen LogP contribution >= 0.6 is 11.3 Å². The molecule has 2 aliphatic rings. The normalized spacial score (nSPS) is 17.8. The number of hydrogen-bond acceptors (Lipinski definition) is 5. The van der Waals surface area contributed by atoms with Crippen LogP contribution in [0.4, 0.5) is 24.0 Å². The molecular weight excluding hydrogens is 419 g/mol. The summed E-state index contributed by atoms with van der Waals surface area (Å²) in [6.45, 7) is 0. The minimum atomic E-state index is -4.81. The number of ether oxygens (including phenoxy) is 1. The Hall–Kier alpha value is -2.62. The van der Waals surface area contributed by atoms with E-state index < -0.39 is 12.4 Å². The average Bonchev–Trinajstić information content (AvgIpc) is 3.39. The number of alkyl halides is 3. The van der Waals surface area contributed by atoms with Gasteiger partial charge in [-0.3, -0.25) is 14.5 Å². The summed E-state index contributed by atoms with van der Waals surface area (Å²) in [6.07, 6.45) is 1.37. The van der Waals surface area contributed by atoms with Crippen LogP contribution in [0, 0.1) is 5.92 Å². The largest absolute Gasteiger partial charge is 0.573 e. The molecule has 2 amide bonds. The maximum atomic E-state index is 13.1. The SMILES string of the molecule is O=C(Nc1nccs1)C(CC1CCCC1)N1C(=O)Cc2cc(OC(F)(F)F)ccc21. The predicted octanol–water partition coefficient (Wildman–Crippen LogP) is 4.52. The summed E-state index contributed by atoms with van der Waals surface area (Å²) in [4.78, 5) is 31.4. The maximum Gasteiger partial charge on any atom is 0.573 e. The van der Waals surface area contributed by atoms with Gasteiger partial charge in [0.1, 0.15) is 11.8 Å². The summed E-state index contributed by atoms with van der Waals surface area (Å²) in [5.74, 6) is -0.711. The van der Waals surface area contributed by atoms with Crippen LogP contribution in [0.3, 0.4) is 0 Å². The smallest absolute Gasteiger partial charge is 0.406 e. The molecule has 160 valence electrons. The van der Waals surface area contributed by atoms with Crippen molar-refractivity contribution in [1.82, 2.24) is 4.98 Å². The number of carbonyl (C=O) groups excluding carboxylic acids is 2. The van der Waals surface area contributed by atoms with E-state index in [1.165, 1.54) is 34.4 Å². The van der Waals surface area contributed by atoms with Crippen molar-refractivity contribution < 1.29 is 27.5 Å². The van der Waals surface area contributed by atoms with Gasteiger partial charge in [-0.2, -0.15) is 0 Å². The number of benzene rings is 1. The van der Waals surface area contributed by atoms with Crippen molar-refractivity contribution in [2.45, 2.75) is 50.9 Å². The van der Waals surface area contributed by atoms with E-state index in [1.807, 2.05) is 0 Å². The lowest BCUT2D eigenvalue weighted by atomic mass is 9.96. The van der Waals surface area contributed by atoms with E-state index >= 15 is 0 Å². The van der Waals surface area contributed by atoms with E-state index in [4.69, 9.17) is 0 Å². The summed E-state index contributed by atoms with van der Waals surface area (Å²) >= 11 is 1.28. The number of hydrogen-bond donors (Lipinski definition) is 1. The van der Waals surface area contributed by atoms with Crippen molar-refractivity contribution in [3.63, 3.8) is 0 Å². The Morgan fingerprint density at radius 3 is 2.77 bits per heavy atom. The molecule has 0 radical (unpaired) electrons. The highest BCUT2D eigenvalue weighted by Gasteiger charge is 2.39. The molecule has 4 rings (SSSR count). The van der Waals surface area contributed by atoms with Gasteiger partial charge in [0.15, 0.2) is 5.13 Å². The number of rotatable bonds is 6. The fourth-order valence-corrected chi connectivity index (χ4v) is 4.76. The zero-order valence-corrected chi connectivity index (χ0v) is 16.8. The summed E-state index contributed by atoms with van der Waals surface area (Å²) in [7, 11) is 0. The zero-order chi connectivity index (χ0) is 21.3. The average molecular weight is 439 g/mol. The lowest BCUT2D eigenvalue weighted by molar-refractivity contribution is -0.274. The number of anilines is 2. The van der Waals surface area contributed by atoms with Crippen molar-refractivity contribution in [3.8, 4) is 5.75 Å². The second kappa shape index (κ2) is 8.25. The number of thiazole rings is 1. The monoisotopic (exact) mass is 439 g/mol. The molecule has 10 heteroatoms. The van der Waals surface area contributed by atoms with Crippen LogP contribution in [-0.2, 0) is 16.0 Å². The number of halogens is 3. The number of nitrogens with one attached hydrogen (secondary N) is 1. The molecule has 1 fully saturated rings. The Morgan fingerprint density at radius 1 is 1.33 bits per heavy atom. The molecule has 0 saturated heterocycles. The van der Waals surface area contributed by atoms with Crippen molar-refractivity contribution in [2.24, 2.45) is 5.92 Å². The van der Waals surface area contributed by atoms with Crippen LogP contribution in [0.1, 0.15) is 37.7 Å². The first-order valence-corrected chi connectivity index (χ1v) is 10.6. The highest BCUT2D eigenvalue weighted by Crippen LogP contribution is 2.38. The first kappa shape index (κ1) is 20.6. The zero-order valence-electron chi connectivity index (χ0n) is 15.9. The molecule has 30 heavy (non-hydrogen) atoms. The standard InChI is InChI=1S/C20H20F3N3O3S/c21-20(22,23)29-14-5-6-15-13(10-14)11-17(27)26(15)16(9-12-3-1-2-4-12)18(28)25-19-24-7-8-30-19/h5-8,10,12,16H,1-4,9,11H2,(H,24,25,28). The minimum Gasteiger partial charge on any atom is -0.406 e. The summed E-state index contributed by atoms with van der Waals surface area (Å²) in [5.41, 5.74) is 0.868. The molecular formula is C20H20F3N3O3S. The van der Waals surface area contributed by atoms with Crippen LogP contribution in [0.5, 0.6) is 5.75 Å². The van der Waals surface area contributed by atoms with Gasteiger partial charge in [-0.05, 0) is 36.1 Å². The van der Waals surface area contributed by atoms with Gasteiger partial charge in [0.25, 0.3) is 0 Å². The fraction of sp³-hybridized carbons (Fsp3) is 0.450. The molecule has 1 aliphatic heterocycles. The molecule has 1 atom stereocenters. The van der Waals surface area contributed by atoms with E-state index in [1.54, 1.807) is 11.6 Å². The van der Waals surface area contributed by atoms with Gasteiger partial charge in [0, 0.05) is 17.3 Å². The van der Waals surface area contributed by atoms with Crippen molar-refractivity contribution in [1.29, 1.82) is 0 Å². The third-order valence-corrected chi connectivity index (χ3v) is 6.15. The quantitative estimate of drug-likeness (QED) is 0.719. The van der Waals surface area contributed by atoms with Crippen LogP contribution in [0.15, 0.2) is 29.8 Å². The molecule has 1 unspecified atom stereocenters. The van der Waals surface area contributed by atoms with Crippen LogP contribution in [0.25, 0.3) is 0 Å². The molecule has 2 aromatic rings. The Balaban J connectivity index is 1.61. The molecule has 1 saturated carbocycles. The topological polar surface area (TPSA) is 71.5 Å². The van der Waals surface area contributed by atoms with Gasteiger partial charge < -0.3 is 10.1 Å². The van der Waals surface area contributed by atoms with Crippen LogP contribution < -0.4 is 15.0 Å². The molecule has 2 heterocycles. The highest BCUT2D eigenvalue weighted by molar-refractivity contribution is 7.13. The summed E-state index contributed by atoms with van der Waals surface area (Å²) < 4.78 is 41.6. The lowest BCUT2D eigenvalue weighted by Gasteiger charge is -2.29. The second-order valence-corrected chi connectivity index (χ2v) is 8.40. The number of amides is 2. The fourth-order valence-electron chi connectivity index (χ4n) is 4.23. The summed E-state index contributed by atoms with van der Waals surface area (Å²) in [6, 6.07) is 3.05. The molecule has 1 aliphatic carbocycles. The van der Waals surface area contributed by atoms with Crippen molar-refractivity contribution in [3.05, 3.63) is 35.3 Å². The highest BCUT2D eigenvalue weighted by atomic mass is 32.1. The predicted molar refractivity (Wildman–Crippen MR) is 105 cm³/mol. The second-order valence-electron chi connectivity index (χ2n) is 7.51. The van der Waals surface area contributed by atoms with E-state index in [0.29, 0.717) is 28.7 Å². The van der Waals surface area contributed by atoms with Crippen LogP contribution in [-0.4, -0.2) is 29.2 Å². The Kier molecular flexibility index (Phi) is 5.68. The van der Waals surface area contributed by atoms with Crippen molar-refractivity contribution in [2.75, 3.05) is 10.2 Å². The van der Waals surface area contributed by atoms with E-state index in [9.17, 15) is 22.8 Å². The van der Waals surface area contributed by atoms with Gasteiger partial charge in [-0.25, -0.2) is 4.98 Å². The Morgan fingerprint density at radius 2 is 2.10 bits per heavy atom. The number of carbonyl (C=O) groups is 2. The molecule has 1 aromatic carbocycles. The Labute approximate surface area is 175 Å². The molecule has 6 nitrogen and oxygen atoms in total. The first-order valence-electron chi connectivity index (χ1n) is 9.71. The van der Waals surface area contributed by atoms with Gasteiger partial charge in [0.05, 0.1) is 6.42 Å². The third-order valence-electron chi connectivity index (χ3n) is 5.46. The minimum absolute atomic E-state index is 0.0733. The maximum absolute atomic E-state index is 13.1. The van der Waals surface area contributed by atoms with Gasteiger partial charge in [0.2, 0.25) is 11.8 Å². The number of aromatic nitrogens is 1. The third kappa shape index (κ3) is 4.58. The first-order chi connectivity index (χ1) is 14.3. The lowest BCUT2D eigenvalue weighted by Crippen LogP contribution is -2.47. The molecule has 1 aromatic heterocycles. The molecule has 0 bridgehead atoms. The number of nitrogens with zero attached hydrogens (tertiary/aromatic N) is 2. The molecule has 0 spiro atoms. The van der Waals surface area contributed by atoms with Crippen LogP contribution in [0.2, 0.25) is 0 Å². The van der Waals surface area contributed by atoms with Gasteiger partial charge >= 0.3 is 6.36 Å². The van der Waals surface area contributed by atoms with Crippen molar-refractivity contribution >= 4 is 34.0 Å². The number of fused-ring (bicyclic) bond motifs is 1. The van der Waals surface area contributed by atoms with Gasteiger partial charge in [-0.15, -0.1) is 24.5 Å². The van der Waals surface area contributed by atoms with Gasteiger partial charge in [-0.1, -0.05) is 25.7 Å². The van der Waals surface area contributed by atoms with E-state index in [-0.39, 0.29) is 24.0 Å².